The van der Waals surface area contributed by atoms with E-state index in [0.29, 0.717) is 17.1 Å². The minimum absolute atomic E-state index is 0.00560. The first-order valence-electron chi connectivity index (χ1n) is 6.79. The molecule has 0 saturated carbocycles. The molecule has 0 bridgehead atoms. The number of amides is 1. The average Bonchev–Trinajstić information content (AvgIpc) is 2.52. The molecule has 3 N–H and O–H groups in total. The zero-order valence-electron chi connectivity index (χ0n) is 12.5. The first kappa shape index (κ1) is 19.1. The van der Waals surface area contributed by atoms with E-state index in [4.69, 9.17) is 16.8 Å². The summed E-state index contributed by atoms with van der Waals surface area (Å²) in [5.74, 6) is -1.13. The summed E-state index contributed by atoms with van der Waals surface area (Å²) in [5.41, 5.74) is 1.91. The van der Waals surface area contributed by atoms with Crippen molar-refractivity contribution in [3.05, 3.63) is 46.6 Å². The van der Waals surface area contributed by atoms with Crippen molar-refractivity contribution in [2.45, 2.75) is 19.1 Å². The van der Waals surface area contributed by atoms with Crippen molar-refractivity contribution in [3.8, 4) is 0 Å². The van der Waals surface area contributed by atoms with Crippen LogP contribution in [0.15, 0.2) is 40.4 Å². The maximum Gasteiger partial charge on any atom is 0.290 e. The largest absolute Gasteiger partial charge is 0.381 e. The Balaban J connectivity index is 2.85. The number of rotatable bonds is 8. The molecule has 0 unspecified atom stereocenters. The molecule has 1 amide bonds. The van der Waals surface area contributed by atoms with Gasteiger partial charge in [-0.05, 0) is 24.1 Å². The molecular weight excluding hydrogens is 342 g/mol. The molecule has 0 aliphatic heterocycles. The van der Waals surface area contributed by atoms with Gasteiger partial charge in [0.25, 0.3) is 15.9 Å². The SMILES string of the molecule is CCCNC(=CC=NS(=O)(=O)Cc1ccccc1Cl)C(=O)NO. The van der Waals surface area contributed by atoms with Crippen molar-refractivity contribution in [1.29, 1.82) is 0 Å². The van der Waals surface area contributed by atoms with Gasteiger partial charge in [-0.2, -0.15) is 4.40 Å². The smallest absolute Gasteiger partial charge is 0.290 e. The second-order valence-corrected chi connectivity index (χ2v) is 6.59. The van der Waals surface area contributed by atoms with Crippen molar-refractivity contribution in [1.82, 2.24) is 10.8 Å². The molecule has 7 nitrogen and oxygen atoms in total. The van der Waals surface area contributed by atoms with Crippen LogP contribution in [0.25, 0.3) is 0 Å². The molecule has 0 aliphatic carbocycles. The minimum atomic E-state index is -3.79. The number of nitrogens with zero attached hydrogens (tertiary/aromatic N) is 1. The van der Waals surface area contributed by atoms with Crippen LogP contribution in [0.4, 0.5) is 0 Å². The predicted molar refractivity (Wildman–Crippen MR) is 88.9 cm³/mol. The first-order valence-corrected chi connectivity index (χ1v) is 8.78. The molecule has 0 spiro atoms. The molecule has 23 heavy (non-hydrogen) atoms. The third-order valence-corrected chi connectivity index (χ3v) is 4.16. The number of carbonyl (C=O) groups excluding carboxylic acids is 1. The van der Waals surface area contributed by atoms with Crippen LogP contribution >= 0.6 is 11.6 Å². The molecule has 0 aromatic heterocycles. The molecule has 1 aromatic carbocycles. The zero-order chi connectivity index (χ0) is 17.3. The monoisotopic (exact) mass is 359 g/mol. The highest BCUT2D eigenvalue weighted by Gasteiger charge is 2.12. The van der Waals surface area contributed by atoms with Gasteiger partial charge in [-0.3, -0.25) is 10.0 Å². The summed E-state index contributed by atoms with van der Waals surface area (Å²) in [7, 11) is -3.79. The highest BCUT2D eigenvalue weighted by Crippen LogP contribution is 2.18. The molecule has 1 aromatic rings. The number of nitrogens with one attached hydrogen (secondary N) is 2. The Hall–Kier alpha value is -1.90. The maximum absolute atomic E-state index is 11.9. The summed E-state index contributed by atoms with van der Waals surface area (Å²) in [6, 6.07) is 6.56. The lowest BCUT2D eigenvalue weighted by Gasteiger charge is -2.06. The molecule has 0 atom stereocenters. The lowest BCUT2D eigenvalue weighted by atomic mass is 10.2. The van der Waals surface area contributed by atoms with Gasteiger partial charge in [-0.25, -0.2) is 13.9 Å². The van der Waals surface area contributed by atoms with E-state index in [0.717, 1.165) is 12.6 Å². The number of hydrogen-bond donors (Lipinski definition) is 3. The predicted octanol–water partition coefficient (Wildman–Crippen LogP) is 1.63. The fourth-order valence-corrected chi connectivity index (χ4v) is 2.83. The van der Waals surface area contributed by atoms with Crippen LogP contribution in [-0.4, -0.2) is 32.3 Å². The van der Waals surface area contributed by atoms with E-state index in [9.17, 15) is 13.2 Å². The second kappa shape index (κ2) is 9.29. The fourth-order valence-electron chi connectivity index (χ4n) is 1.58. The van der Waals surface area contributed by atoms with Crippen LogP contribution in [0.3, 0.4) is 0 Å². The highest BCUT2D eigenvalue weighted by atomic mass is 35.5. The number of halogens is 1. The highest BCUT2D eigenvalue weighted by molar-refractivity contribution is 7.89. The molecule has 0 heterocycles. The van der Waals surface area contributed by atoms with Gasteiger partial charge in [0, 0.05) is 17.8 Å². The maximum atomic E-state index is 11.9. The van der Waals surface area contributed by atoms with Gasteiger partial charge in [0.05, 0.1) is 5.75 Å². The van der Waals surface area contributed by atoms with Gasteiger partial charge in [0.2, 0.25) is 0 Å². The third-order valence-electron chi connectivity index (χ3n) is 2.67. The molecule has 0 saturated heterocycles. The second-order valence-electron chi connectivity index (χ2n) is 4.52. The van der Waals surface area contributed by atoms with Gasteiger partial charge in [0.1, 0.15) is 5.70 Å². The standard InChI is InChI=1S/C14H18ClN3O4S/c1-2-8-16-13(14(19)18-20)7-9-17-23(21,22)10-11-5-3-4-6-12(11)15/h3-7,9,16,20H,2,8,10H2,1H3,(H,18,19). The molecule has 126 valence electrons. The van der Waals surface area contributed by atoms with E-state index < -0.39 is 15.9 Å². The third kappa shape index (κ3) is 6.81. The molecular formula is C14H18ClN3O4S. The van der Waals surface area contributed by atoms with Crippen LogP contribution in [0.2, 0.25) is 5.02 Å². The van der Waals surface area contributed by atoms with Crippen molar-refractivity contribution >= 4 is 33.7 Å². The van der Waals surface area contributed by atoms with Crippen LogP contribution in [0.1, 0.15) is 18.9 Å². The Morgan fingerprint density at radius 2 is 2.09 bits per heavy atom. The first-order chi connectivity index (χ1) is 10.9. The van der Waals surface area contributed by atoms with E-state index in [1.807, 2.05) is 6.92 Å². The Morgan fingerprint density at radius 1 is 1.39 bits per heavy atom. The molecule has 0 fully saturated rings. The van der Waals surface area contributed by atoms with Crippen molar-refractivity contribution < 1.29 is 18.4 Å². The normalized spacial score (nSPS) is 12.4. The summed E-state index contributed by atoms with van der Waals surface area (Å²) in [6.07, 6.45) is 2.91. The van der Waals surface area contributed by atoms with Gasteiger partial charge >= 0.3 is 0 Å². The fraction of sp³-hybridized carbons (Fsp3) is 0.286. The van der Waals surface area contributed by atoms with Crippen molar-refractivity contribution in [2.24, 2.45) is 4.40 Å². The number of sulfonamides is 1. The lowest BCUT2D eigenvalue weighted by Crippen LogP contribution is -2.30. The Labute approximate surface area is 140 Å². The van der Waals surface area contributed by atoms with E-state index in [1.165, 1.54) is 11.6 Å². The van der Waals surface area contributed by atoms with Gasteiger partial charge in [-0.1, -0.05) is 36.7 Å². The van der Waals surface area contributed by atoms with Crippen LogP contribution in [0.5, 0.6) is 0 Å². The van der Waals surface area contributed by atoms with E-state index in [-0.39, 0.29) is 11.4 Å². The van der Waals surface area contributed by atoms with Gasteiger partial charge < -0.3 is 5.32 Å². The lowest BCUT2D eigenvalue weighted by molar-refractivity contribution is -0.125. The summed E-state index contributed by atoms with van der Waals surface area (Å²) in [5, 5.41) is 11.7. The average molecular weight is 360 g/mol. The molecule has 1 rings (SSSR count). The summed E-state index contributed by atoms with van der Waals surface area (Å²) in [4.78, 5) is 11.4. The summed E-state index contributed by atoms with van der Waals surface area (Å²) >= 11 is 5.91. The quantitative estimate of drug-likeness (QED) is 0.283. The number of allylic oxidation sites excluding steroid dienone is 1. The van der Waals surface area contributed by atoms with Crippen LogP contribution < -0.4 is 10.8 Å². The topological polar surface area (TPSA) is 108 Å². The molecule has 9 heteroatoms. The Morgan fingerprint density at radius 3 is 2.70 bits per heavy atom. The molecule has 0 aliphatic rings. The van der Waals surface area contributed by atoms with E-state index in [2.05, 4.69) is 9.71 Å². The zero-order valence-corrected chi connectivity index (χ0v) is 14.1. The Kier molecular flexibility index (Phi) is 7.73. The van der Waals surface area contributed by atoms with Crippen molar-refractivity contribution in [2.75, 3.05) is 6.54 Å². The number of carbonyl (C=O) groups is 1. The summed E-state index contributed by atoms with van der Waals surface area (Å²) < 4.78 is 27.3. The van der Waals surface area contributed by atoms with E-state index >= 15 is 0 Å². The minimum Gasteiger partial charge on any atom is -0.381 e. The van der Waals surface area contributed by atoms with Gasteiger partial charge in [-0.15, -0.1) is 0 Å². The van der Waals surface area contributed by atoms with Gasteiger partial charge in [0.15, 0.2) is 0 Å². The summed E-state index contributed by atoms with van der Waals surface area (Å²) in [6.45, 7) is 2.38. The molecule has 0 radical (unpaired) electrons. The van der Waals surface area contributed by atoms with E-state index in [1.54, 1.807) is 24.3 Å². The van der Waals surface area contributed by atoms with Crippen LogP contribution in [0, 0.1) is 0 Å². The Bertz CT molecular complexity index is 702. The number of benzene rings is 1. The van der Waals surface area contributed by atoms with Crippen molar-refractivity contribution in [3.63, 3.8) is 0 Å². The number of hydrogen-bond acceptors (Lipinski definition) is 5. The van der Waals surface area contributed by atoms with Crippen LogP contribution in [-0.2, 0) is 20.6 Å². The number of hydroxylamine groups is 1.